The molecule has 1 unspecified atom stereocenters. The van der Waals surface area contributed by atoms with Crippen molar-refractivity contribution in [2.75, 3.05) is 0 Å². The molecule has 0 bridgehead atoms. The lowest BCUT2D eigenvalue weighted by Gasteiger charge is -2.17. The second-order valence-corrected chi connectivity index (χ2v) is 7.38. The highest BCUT2D eigenvalue weighted by molar-refractivity contribution is 5.79. The summed E-state index contributed by atoms with van der Waals surface area (Å²) in [6, 6.07) is 11.3. The van der Waals surface area contributed by atoms with Crippen molar-refractivity contribution in [3.8, 4) is 0 Å². The summed E-state index contributed by atoms with van der Waals surface area (Å²) in [7, 11) is 0. The molecule has 0 radical (unpaired) electrons. The summed E-state index contributed by atoms with van der Waals surface area (Å²) in [4.78, 5) is 12.2. The summed E-state index contributed by atoms with van der Waals surface area (Å²) >= 11 is 0. The molecule has 0 amide bonds. The van der Waals surface area contributed by atoms with Gasteiger partial charge in [0.1, 0.15) is 17.8 Å². The van der Waals surface area contributed by atoms with Gasteiger partial charge in [0, 0.05) is 12.0 Å². The van der Waals surface area contributed by atoms with Crippen LogP contribution in [0.5, 0.6) is 0 Å². The zero-order chi connectivity index (χ0) is 19.8. The molecule has 0 spiro atoms. The Morgan fingerprint density at radius 2 is 1.74 bits per heavy atom. The SMILES string of the molecule is CC1(C)C(C(=O)OCc2coc(Cc3ccccc3)c2)C1(C(F)F)C(F)F. The summed E-state index contributed by atoms with van der Waals surface area (Å²) in [5.74, 6) is -1.93. The second-order valence-electron chi connectivity index (χ2n) is 7.38. The Labute approximate surface area is 154 Å². The van der Waals surface area contributed by atoms with Crippen LogP contribution in [0.1, 0.15) is 30.7 Å². The van der Waals surface area contributed by atoms with Crippen LogP contribution in [0.2, 0.25) is 0 Å². The van der Waals surface area contributed by atoms with Gasteiger partial charge in [0.2, 0.25) is 0 Å². The molecule has 2 aromatic rings. The van der Waals surface area contributed by atoms with E-state index in [9.17, 15) is 22.4 Å². The van der Waals surface area contributed by atoms with Crippen LogP contribution >= 0.6 is 0 Å². The standard InChI is InChI=1S/C20H20F4O3/c1-19(2)15(20(19,17(21)22)18(23)24)16(25)27-11-13-9-14(26-10-13)8-12-6-4-3-5-7-12/h3-7,9-10,15,17-18H,8,11H2,1-2H3. The molecule has 27 heavy (non-hydrogen) atoms. The van der Waals surface area contributed by atoms with Crippen LogP contribution in [0.25, 0.3) is 0 Å². The topological polar surface area (TPSA) is 39.4 Å². The number of esters is 1. The first-order valence-corrected chi connectivity index (χ1v) is 8.54. The lowest BCUT2D eigenvalue weighted by molar-refractivity contribution is -0.151. The predicted molar refractivity (Wildman–Crippen MR) is 89.5 cm³/mol. The van der Waals surface area contributed by atoms with Crippen molar-refractivity contribution in [1.29, 1.82) is 0 Å². The van der Waals surface area contributed by atoms with Crippen molar-refractivity contribution >= 4 is 5.97 Å². The molecule has 0 N–H and O–H groups in total. The first-order chi connectivity index (χ1) is 12.7. The maximum absolute atomic E-state index is 13.3. The van der Waals surface area contributed by atoms with Gasteiger partial charge in [-0.15, -0.1) is 0 Å². The molecule has 1 aliphatic carbocycles. The zero-order valence-corrected chi connectivity index (χ0v) is 14.9. The molecule has 1 aromatic heterocycles. The van der Waals surface area contributed by atoms with E-state index in [1.807, 2.05) is 30.3 Å². The van der Waals surface area contributed by atoms with Crippen molar-refractivity contribution in [3.05, 3.63) is 59.5 Å². The molecule has 1 aromatic carbocycles. The minimum atomic E-state index is -3.31. The van der Waals surface area contributed by atoms with Crippen molar-refractivity contribution in [2.24, 2.45) is 16.7 Å². The quantitative estimate of drug-likeness (QED) is 0.493. The van der Waals surface area contributed by atoms with Crippen LogP contribution in [-0.2, 0) is 22.6 Å². The second kappa shape index (κ2) is 7.02. The van der Waals surface area contributed by atoms with Crippen LogP contribution in [0.3, 0.4) is 0 Å². The number of carbonyl (C=O) groups is 1. The largest absolute Gasteiger partial charge is 0.469 e. The average molecular weight is 384 g/mol. The molecule has 7 heteroatoms. The van der Waals surface area contributed by atoms with E-state index in [1.165, 1.54) is 20.1 Å². The Morgan fingerprint density at radius 3 is 2.30 bits per heavy atom. The smallest absolute Gasteiger partial charge is 0.310 e. The molecule has 1 heterocycles. The molecule has 1 atom stereocenters. The number of hydrogen-bond donors (Lipinski definition) is 0. The fraction of sp³-hybridized carbons (Fsp3) is 0.450. The maximum atomic E-state index is 13.3. The fourth-order valence-corrected chi connectivity index (χ4v) is 3.86. The summed E-state index contributed by atoms with van der Waals surface area (Å²) in [5, 5.41) is 0. The highest BCUT2D eigenvalue weighted by Gasteiger charge is 2.83. The molecule has 3 nitrogen and oxygen atoms in total. The van der Waals surface area contributed by atoms with E-state index in [1.54, 1.807) is 6.07 Å². The van der Waals surface area contributed by atoms with Gasteiger partial charge >= 0.3 is 5.97 Å². The summed E-state index contributed by atoms with van der Waals surface area (Å²) in [6.45, 7) is 2.27. The summed E-state index contributed by atoms with van der Waals surface area (Å²) < 4.78 is 63.7. The van der Waals surface area contributed by atoms with E-state index in [4.69, 9.17) is 9.15 Å². The van der Waals surface area contributed by atoms with Crippen molar-refractivity contribution < 1.29 is 31.5 Å². The number of rotatable bonds is 7. The molecule has 3 rings (SSSR count). The van der Waals surface area contributed by atoms with Crippen molar-refractivity contribution in [3.63, 3.8) is 0 Å². The van der Waals surface area contributed by atoms with Gasteiger partial charge in [-0.3, -0.25) is 4.79 Å². The van der Waals surface area contributed by atoms with Crippen LogP contribution in [0.15, 0.2) is 47.1 Å². The van der Waals surface area contributed by atoms with E-state index in [-0.39, 0.29) is 6.61 Å². The van der Waals surface area contributed by atoms with Gasteiger partial charge in [-0.2, -0.15) is 0 Å². The molecular weight excluding hydrogens is 364 g/mol. The third-order valence-corrected chi connectivity index (χ3v) is 5.50. The lowest BCUT2D eigenvalue weighted by atomic mass is 9.97. The van der Waals surface area contributed by atoms with Crippen LogP contribution in [-0.4, -0.2) is 18.8 Å². The monoisotopic (exact) mass is 384 g/mol. The number of furan rings is 1. The summed E-state index contributed by atoms with van der Waals surface area (Å²) in [6.07, 6.45) is -4.67. The van der Waals surface area contributed by atoms with E-state index in [0.717, 1.165) is 5.56 Å². The first-order valence-electron chi connectivity index (χ1n) is 8.54. The van der Waals surface area contributed by atoms with E-state index >= 15 is 0 Å². The Kier molecular flexibility index (Phi) is 5.06. The minimum Gasteiger partial charge on any atom is -0.469 e. The van der Waals surface area contributed by atoms with Crippen LogP contribution in [0.4, 0.5) is 17.6 Å². The highest BCUT2D eigenvalue weighted by atomic mass is 19.3. The third-order valence-electron chi connectivity index (χ3n) is 5.50. The van der Waals surface area contributed by atoms with Gasteiger partial charge in [0.25, 0.3) is 12.9 Å². The Balaban J connectivity index is 1.62. The molecule has 1 aliphatic rings. The number of carbonyl (C=O) groups excluding carboxylic acids is 1. The van der Waals surface area contributed by atoms with Crippen LogP contribution < -0.4 is 0 Å². The maximum Gasteiger partial charge on any atom is 0.310 e. The number of halogens is 4. The van der Waals surface area contributed by atoms with E-state index in [2.05, 4.69) is 0 Å². The lowest BCUT2D eigenvalue weighted by Crippen LogP contribution is -2.29. The minimum absolute atomic E-state index is 0.216. The summed E-state index contributed by atoms with van der Waals surface area (Å²) in [5.41, 5.74) is -2.61. The van der Waals surface area contributed by atoms with Gasteiger partial charge in [0.05, 0.1) is 12.2 Å². The number of hydrogen-bond acceptors (Lipinski definition) is 3. The van der Waals surface area contributed by atoms with Gasteiger partial charge in [0.15, 0.2) is 0 Å². The van der Waals surface area contributed by atoms with Gasteiger partial charge < -0.3 is 9.15 Å². The Bertz CT molecular complexity index is 791. The van der Waals surface area contributed by atoms with Crippen LogP contribution in [0, 0.1) is 16.7 Å². The number of ether oxygens (including phenoxy) is 1. The fourth-order valence-electron chi connectivity index (χ4n) is 3.86. The Hall–Kier alpha value is -2.31. The average Bonchev–Trinajstić information content (AvgIpc) is 2.89. The first kappa shape index (κ1) is 19.5. The third kappa shape index (κ3) is 3.24. The van der Waals surface area contributed by atoms with Gasteiger partial charge in [-0.25, -0.2) is 17.6 Å². The van der Waals surface area contributed by atoms with Crippen molar-refractivity contribution in [2.45, 2.75) is 39.7 Å². The van der Waals surface area contributed by atoms with E-state index < -0.39 is 35.6 Å². The molecule has 0 saturated heterocycles. The Morgan fingerprint density at radius 1 is 1.11 bits per heavy atom. The molecule has 1 saturated carbocycles. The van der Waals surface area contributed by atoms with E-state index in [0.29, 0.717) is 17.7 Å². The number of alkyl halides is 4. The van der Waals surface area contributed by atoms with Crippen molar-refractivity contribution in [1.82, 2.24) is 0 Å². The zero-order valence-electron chi connectivity index (χ0n) is 14.9. The predicted octanol–water partition coefficient (Wildman–Crippen LogP) is 5.09. The highest BCUT2D eigenvalue weighted by Crippen LogP contribution is 2.74. The van der Waals surface area contributed by atoms with Gasteiger partial charge in [-0.1, -0.05) is 44.2 Å². The molecule has 1 fully saturated rings. The number of benzene rings is 1. The van der Waals surface area contributed by atoms with Gasteiger partial charge in [-0.05, 0) is 17.0 Å². The molecular formula is C20H20F4O3. The molecule has 146 valence electrons. The molecule has 0 aliphatic heterocycles. The normalized spacial score (nSPS) is 20.1.